The first-order chi connectivity index (χ1) is 14.4. The minimum absolute atomic E-state index is 0.172. The summed E-state index contributed by atoms with van der Waals surface area (Å²) < 4.78 is 0. The van der Waals surface area contributed by atoms with E-state index in [1.165, 1.54) is 4.90 Å². The Morgan fingerprint density at radius 1 is 1.40 bits per heavy atom. The van der Waals surface area contributed by atoms with E-state index in [-0.39, 0.29) is 31.2 Å². The highest BCUT2D eigenvalue weighted by Gasteiger charge is 2.43. The minimum atomic E-state index is -0.787. The second-order valence-electron chi connectivity index (χ2n) is 7.45. The quantitative estimate of drug-likeness (QED) is 0.220. The van der Waals surface area contributed by atoms with Crippen LogP contribution in [0.3, 0.4) is 0 Å². The molecular formula is C20H29N5O5. The number of carbonyl (C=O) groups is 4. The smallest absolute Gasteiger partial charge is 0.261 e. The number of nitrogens with one attached hydrogen (secondary N) is 2. The number of amides is 4. The predicted octanol–water partition coefficient (Wildman–Crippen LogP) is 0.587. The molecule has 2 rings (SSSR count). The van der Waals surface area contributed by atoms with Gasteiger partial charge in [0.2, 0.25) is 18.2 Å². The SMILES string of the molecule is CCCCC[C@H](CN(O)C=O)C(=O)NNC(=O)[C@@H]1[C@H](c2cccnc2)CC(=O)N1C. The van der Waals surface area contributed by atoms with Gasteiger partial charge < -0.3 is 4.90 Å². The number of hydroxylamine groups is 2. The van der Waals surface area contributed by atoms with Gasteiger partial charge in [-0.2, -0.15) is 0 Å². The van der Waals surface area contributed by atoms with Crippen LogP contribution in [0, 0.1) is 5.92 Å². The highest BCUT2D eigenvalue weighted by atomic mass is 16.5. The van der Waals surface area contributed by atoms with Crippen LogP contribution < -0.4 is 10.9 Å². The van der Waals surface area contributed by atoms with Crippen LogP contribution in [0.4, 0.5) is 0 Å². The van der Waals surface area contributed by atoms with Crippen molar-refractivity contribution in [2.45, 2.75) is 51.0 Å². The summed E-state index contributed by atoms with van der Waals surface area (Å²) in [5.74, 6) is -2.26. The van der Waals surface area contributed by atoms with Gasteiger partial charge >= 0.3 is 0 Å². The monoisotopic (exact) mass is 419 g/mol. The molecule has 0 spiro atoms. The molecule has 3 atom stereocenters. The number of nitrogens with zero attached hydrogens (tertiary/aromatic N) is 3. The highest BCUT2D eigenvalue weighted by molar-refractivity contribution is 5.93. The van der Waals surface area contributed by atoms with Crippen molar-refractivity contribution in [2.75, 3.05) is 13.6 Å². The summed E-state index contributed by atoms with van der Waals surface area (Å²) >= 11 is 0. The van der Waals surface area contributed by atoms with E-state index in [0.29, 0.717) is 11.5 Å². The van der Waals surface area contributed by atoms with E-state index in [4.69, 9.17) is 0 Å². The van der Waals surface area contributed by atoms with Crippen LogP contribution >= 0.6 is 0 Å². The molecular weight excluding hydrogens is 390 g/mol. The van der Waals surface area contributed by atoms with Crippen LogP contribution in [0.1, 0.15) is 50.5 Å². The van der Waals surface area contributed by atoms with Crippen molar-refractivity contribution in [2.24, 2.45) is 5.92 Å². The fourth-order valence-corrected chi connectivity index (χ4v) is 3.64. The fourth-order valence-electron chi connectivity index (χ4n) is 3.64. The second-order valence-corrected chi connectivity index (χ2v) is 7.45. The van der Waals surface area contributed by atoms with E-state index >= 15 is 0 Å². The van der Waals surface area contributed by atoms with E-state index in [0.717, 1.165) is 24.8 Å². The van der Waals surface area contributed by atoms with Gasteiger partial charge in [0.05, 0.1) is 12.5 Å². The third-order valence-corrected chi connectivity index (χ3v) is 5.33. The zero-order valence-electron chi connectivity index (χ0n) is 17.3. The average Bonchev–Trinajstić information content (AvgIpc) is 3.06. The molecule has 30 heavy (non-hydrogen) atoms. The summed E-state index contributed by atoms with van der Waals surface area (Å²) in [5.41, 5.74) is 5.54. The van der Waals surface area contributed by atoms with Crippen molar-refractivity contribution in [3.05, 3.63) is 30.1 Å². The van der Waals surface area contributed by atoms with Crippen molar-refractivity contribution in [3.8, 4) is 0 Å². The van der Waals surface area contributed by atoms with Gasteiger partial charge in [-0.15, -0.1) is 0 Å². The van der Waals surface area contributed by atoms with Crippen molar-refractivity contribution in [3.63, 3.8) is 0 Å². The molecule has 1 aliphatic rings. The summed E-state index contributed by atoms with van der Waals surface area (Å²) in [5, 5.41) is 9.87. The van der Waals surface area contributed by atoms with Crippen LogP contribution in [-0.4, -0.2) is 63.9 Å². The molecule has 0 bridgehead atoms. The normalized spacial score (nSPS) is 19.3. The van der Waals surface area contributed by atoms with Crippen LogP contribution in [0.2, 0.25) is 0 Å². The first kappa shape index (κ1) is 23.3. The van der Waals surface area contributed by atoms with Crippen molar-refractivity contribution in [1.29, 1.82) is 0 Å². The Morgan fingerprint density at radius 2 is 2.17 bits per heavy atom. The lowest BCUT2D eigenvalue weighted by Gasteiger charge is -2.25. The number of likely N-dealkylation sites (N-methyl/N-ethyl adjacent to an activating group) is 1. The Bertz CT molecular complexity index is 744. The second kappa shape index (κ2) is 11.2. The minimum Gasteiger partial charge on any atom is -0.333 e. The number of pyridine rings is 1. The Morgan fingerprint density at radius 3 is 2.80 bits per heavy atom. The largest absolute Gasteiger partial charge is 0.333 e. The van der Waals surface area contributed by atoms with Crippen molar-refractivity contribution < 1.29 is 24.4 Å². The molecule has 0 aromatic carbocycles. The molecule has 1 saturated heterocycles. The average molecular weight is 419 g/mol. The van der Waals surface area contributed by atoms with Crippen molar-refractivity contribution in [1.82, 2.24) is 25.8 Å². The van der Waals surface area contributed by atoms with Crippen LogP contribution in [0.25, 0.3) is 0 Å². The van der Waals surface area contributed by atoms with E-state index in [1.807, 2.05) is 13.0 Å². The zero-order valence-corrected chi connectivity index (χ0v) is 17.3. The molecule has 0 saturated carbocycles. The molecule has 10 heteroatoms. The van der Waals surface area contributed by atoms with Crippen LogP contribution in [0.15, 0.2) is 24.5 Å². The summed E-state index contributed by atoms with van der Waals surface area (Å²) in [6.07, 6.45) is 6.71. The lowest BCUT2D eigenvalue weighted by atomic mass is 9.92. The van der Waals surface area contributed by atoms with Gasteiger partial charge in [0.15, 0.2) is 0 Å². The number of rotatable bonds is 10. The van der Waals surface area contributed by atoms with Gasteiger partial charge in [0.25, 0.3) is 5.91 Å². The number of hydrogen-bond donors (Lipinski definition) is 3. The maximum atomic E-state index is 12.8. The van der Waals surface area contributed by atoms with Gasteiger partial charge in [-0.1, -0.05) is 32.3 Å². The van der Waals surface area contributed by atoms with Gasteiger partial charge in [0.1, 0.15) is 6.04 Å². The molecule has 0 radical (unpaired) electrons. The Kier molecular flexibility index (Phi) is 8.72. The van der Waals surface area contributed by atoms with E-state index in [1.54, 1.807) is 25.5 Å². The van der Waals surface area contributed by atoms with Gasteiger partial charge in [-0.25, -0.2) is 5.06 Å². The fraction of sp³-hybridized carbons (Fsp3) is 0.550. The Hall–Kier alpha value is -3.01. The molecule has 164 valence electrons. The first-order valence-electron chi connectivity index (χ1n) is 10.0. The summed E-state index contributed by atoms with van der Waals surface area (Å²) in [6.45, 7) is 1.85. The molecule has 1 aliphatic heterocycles. The number of hydrazine groups is 1. The van der Waals surface area contributed by atoms with E-state index < -0.39 is 23.8 Å². The molecule has 0 unspecified atom stereocenters. The third-order valence-electron chi connectivity index (χ3n) is 5.33. The molecule has 10 nitrogen and oxygen atoms in total. The van der Waals surface area contributed by atoms with Gasteiger partial charge in [-0.05, 0) is 18.1 Å². The van der Waals surface area contributed by atoms with E-state index in [9.17, 15) is 24.4 Å². The molecule has 4 amide bonds. The summed E-state index contributed by atoms with van der Waals surface area (Å²) in [7, 11) is 1.55. The lowest BCUT2D eigenvalue weighted by Crippen LogP contribution is -2.53. The van der Waals surface area contributed by atoms with Crippen LogP contribution in [-0.2, 0) is 19.2 Å². The standard InChI is InChI=1S/C20H29N5O5/c1-3-4-5-7-15(12-25(30)13-26)19(28)22-23-20(29)18-16(10-17(27)24(18)2)14-8-6-9-21-11-14/h6,8-9,11,13,15-16,18,30H,3-5,7,10,12H2,1-2H3,(H,22,28)(H,23,29)/t15-,16+,18+/m1/s1. The molecule has 3 N–H and O–H groups in total. The predicted molar refractivity (Wildman–Crippen MR) is 107 cm³/mol. The molecule has 1 aromatic heterocycles. The van der Waals surface area contributed by atoms with Gasteiger partial charge in [0, 0.05) is 31.8 Å². The third kappa shape index (κ3) is 5.99. The first-order valence-corrected chi connectivity index (χ1v) is 10.0. The molecule has 1 aromatic rings. The molecule has 0 aliphatic carbocycles. The Balaban J connectivity index is 2.02. The number of unbranched alkanes of at least 4 members (excludes halogenated alkanes) is 2. The number of aromatic nitrogens is 1. The van der Waals surface area contributed by atoms with Crippen LogP contribution in [0.5, 0.6) is 0 Å². The molecule has 1 fully saturated rings. The summed E-state index contributed by atoms with van der Waals surface area (Å²) in [4.78, 5) is 53.6. The zero-order chi connectivity index (χ0) is 22.1. The maximum absolute atomic E-state index is 12.8. The van der Waals surface area contributed by atoms with Gasteiger partial charge in [-0.3, -0.25) is 40.2 Å². The maximum Gasteiger partial charge on any atom is 0.261 e. The number of likely N-dealkylation sites (tertiary alicyclic amines) is 1. The van der Waals surface area contributed by atoms with E-state index in [2.05, 4.69) is 15.8 Å². The number of carbonyl (C=O) groups excluding carboxylic acids is 4. The molecule has 2 heterocycles. The highest BCUT2D eigenvalue weighted by Crippen LogP contribution is 2.33. The van der Waals surface area contributed by atoms with Crippen molar-refractivity contribution >= 4 is 24.1 Å². The topological polar surface area (TPSA) is 132 Å². The number of hydrogen-bond acceptors (Lipinski definition) is 6. The Labute approximate surface area is 175 Å². The summed E-state index contributed by atoms with van der Waals surface area (Å²) in [6, 6.07) is 2.76. The lowest BCUT2D eigenvalue weighted by molar-refractivity contribution is -0.155.